The first-order chi connectivity index (χ1) is 7.18. The minimum absolute atomic E-state index is 0. The Bertz CT molecular complexity index is 244. The molecule has 0 aromatic rings. The predicted molar refractivity (Wildman–Crippen MR) is 64.8 cm³/mol. The molecule has 2 rings (SSSR count). The minimum atomic E-state index is -0.258. The van der Waals surface area contributed by atoms with Crippen LogP contribution in [0.4, 0.5) is 0 Å². The van der Waals surface area contributed by atoms with Crippen LogP contribution in [0.15, 0.2) is 0 Å². The van der Waals surface area contributed by atoms with Gasteiger partial charge in [0.25, 0.3) is 5.91 Å². The van der Waals surface area contributed by atoms with Crippen molar-refractivity contribution in [1.82, 2.24) is 10.2 Å². The first-order valence-electron chi connectivity index (χ1n) is 5.81. The highest BCUT2D eigenvalue weighted by Crippen LogP contribution is 2.23. The average molecular weight is 249 g/mol. The Labute approximate surface area is 103 Å². The molecule has 94 valence electrons. The number of amides is 1. The molecule has 0 aliphatic carbocycles. The standard InChI is InChI=1S/C11H20N2O2.ClH/c1-8-5-9(2)13(7-8)11(14)10-6-12-3-4-15-10;/h8-10,12H,3-7H2,1-2H3;1H. The lowest BCUT2D eigenvalue weighted by atomic mass is 10.1. The van der Waals surface area contributed by atoms with Gasteiger partial charge in [0.1, 0.15) is 6.10 Å². The van der Waals surface area contributed by atoms with Gasteiger partial charge in [0, 0.05) is 25.7 Å². The van der Waals surface area contributed by atoms with Crippen molar-refractivity contribution in [2.75, 3.05) is 26.2 Å². The summed E-state index contributed by atoms with van der Waals surface area (Å²) in [6.07, 6.45) is 0.859. The summed E-state index contributed by atoms with van der Waals surface area (Å²) >= 11 is 0. The molecule has 2 aliphatic rings. The molecule has 16 heavy (non-hydrogen) atoms. The van der Waals surface area contributed by atoms with E-state index in [2.05, 4.69) is 19.2 Å². The zero-order valence-corrected chi connectivity index (χ0v) is 10.8. The summed E-state index contributed by atoms with van der Waals surface area (Å²) in [7, 11) is 0. The van der Waals surface area contributed by atoms with Crippen molar-refractivity contribution >= 4 is 18.3 Å². The second-order valence-corrected chi connectivity index (χ2v) is 4.74. The van der Waals surface area contributed by atoms with E-state index in [1.165, 1.54) is 0 Å². The van der Waals surface area contributed by atoms with Crippen LogP contribution in [-0.4, -0.2) is 49.2 Å². The molecule has 3 unspecified atom stereocenters. The molecule has 2 saturated heterocycles. The highest BCUT2D eigenvalue weighted by molar-refractivity contribution is 5.85. The second kappa shape index (κ2) is 5.84. The fraction of sp³-hybridized carbons (Fsp3) is 0.909. The number of hydrogen-bond donors (Lipinski definition) is 1. The quantitative estimate of drug-likeness (QED) is 0.741. The number of carbonyl (C=O) groups excluding carboxylic acids is 1. The number of hydrogen-bond acceptors (Lipinski definition) is 3. The molecule has 2 fully saturated rings. The fourth-order valence-corrected chi connectivity index (χ4v) is 2.52. The Morgan fingerprint density at radius 1 is 1.44 bits per heavy atom. The van der Waals surface area contributed by atoms with Gasteiger partial charge in [-0.15, -0.1) is 12.4 Å². The van der Waals surface area contributed by atoms with Gasteiger partial charge in [-0.1, -0.05) is 6.92 Å². The molecule has 5 heteroatoms. The number of ether oxygens (including phenoxy) is 1. The summed E-state index contributed by atoms with van der Waals surface area (Å²) in [4.78, 5) is 14.1. The first kappa shape index (κ1) is 13.7. The van der Waals surface area contributed by atoms with Gasteiger partial charge in [-0.3, -0.25) is 4.79 Å². The SMILES string of the molecule is CC1CC(C)N(C(=O)C2CNCCO2)C1.Cl. The van der Waals surface area contributed by atoms with Crippen molar-refractivity contribution in [3.05, 3.63) is 0 Å². The molecule has 1 N–H and O–H groups in total. The maximum Gasteiger partial charge on any atom is 0.253 e. The van der Waals surface area contributed by atoms with Crippen molar-refractivity contribution in [2.24, 2.45) is 5.92 Å². The van der Waals surface area contributed by atoms with Crippen LogP contribution in [0, 0.1) is 5.92 Å². The van der Waals surface area contributed by atoms with Crippen LogP contribution in [0.1, 0.15) is 20.3 Å². The Balaban J connectivity index is 0.00000128. The van der Waals surface area contributed by atoms with Crippen LogP contribution >= 0.6 is 12.4 Å². The van der Waals surface area contributed by atoms with Crippen LogP contribution < -0.4 is 5.32 Å². The van der Waals surface area contributed by atoms with Crippen LogP contribution in [0.5, 0.6) is 0 Å². The molecular weight excluding hydrogens is 228 g/mol. The van der Waals surface area contributed by atoms with Crippen LogP contribution in [0.25, 0.3) is 0 Å². The normalized spacial score (nSPS) is 34.6. The first-order valence-corrected chi connectivity index (χ1v) is 5.81. The van der Waals surface area contributed by atoms with E-state index in [9.17, 15) is 4.79 Å². The van der Waals surface area contributed by atoms with Gasteiger partial charge >= 0.3 is 0 Å². The molecule has 1 amide bonds. The van der Waals surface area contributed by atoms with E-state index >= 15 is 0 Å². The molecule has 3 atom stereocenters. The highest BCUT2D eigenvalue weighted by Gasteiger charge is 2.34. The molecule has 0 bridgehead atoms. The lowest BCUT2D eigenvalue weighted by Crippen LogP contribution is -2.50. The molecule has 0 aromatic heterocycles. The average Bonchev–Trinajstić information content (AvgIpc) is 2.58. The third kappa shape index (κ3) is 2.87. The molecule has 2 aliphatic heterocycles. The summed E-state index contributed by atoms with van der Waals surface area (Å²) in [5.74, 6) is 0.791. The van der Waals surface area contributed by atoms with E-state index in [1.54, 1.807) is 0 Å². The number of likely N-dealkylation sites (tertiary alicyclic amines) is 1. The summed E-state index contributed by atoms with van der Waals surface area (Å²) in [6, 6.07) is 0.373. The predicted octanol–water partition coefficient (Wildman–Crippen LogP) is 0.653. The second-order valence-electron chi connectivity index (χ2n) is 4.74. The van der Waals surface area contributed by atoms with E-state index in [4.69, 9.17) is 4.74 Å². The van der Waals surface area contributed by atoms with Crippen molar-refractivity contribution in [2.45, 2.75) is 32.4 Å². The van der Waals surface area contributed by atoms with Gasteiger partial charge in [-0.25, -0.2) is 0 Å². The smallest absolute Gasteiger partial charge is 0.253 e. The Morgan fingerprint density at radius 2 is 2.19 bits per heavy atom. The van der Waals surface area contributed by atoms with Crippen LogP contribution in [0.2, 0.25) is 0 Å². The zero-order chi connectivity index (χ0) is 10.8. The number of nitrogens with one attached hydrogen (secondary N) is 1. The van der Waals surface area contributed by atoms with E-state index < -0.39 is 0 Å². The maximum atomic E-state index is 12.1. The Kier molecular flexibility index (Phi) is 5.02. The van der Waals surface area contributed by atoms with Gasteiger partial charge in [0.2, 0.25) is 0 Å². The summed E-state index contributed by atoms with van der Waals surface area (Å²) in [5.41, 5.74) is 0. The maximum absolute atomic E-state index is 12.1. The van der Waals surface area contributed by atoms with Crippen molar-refractivity contribution in [3.8, 4) is 0 Å². The van der Waals surface area contributed by atoms with E-state index in [1.807, 2.05) is 4.90 Å². The van der Waals surface area contributed by atoms with Crippen molar-refractivity contribution in [3.63, 3.8) is 0 Å². The number of rotatable bonds is 1. The van der Waals surface area contributed by atoms with Gasteiger partial charge < -0.3 is 15.0 Å². The van der Waals surface area contributed by atoms with Crippen LogP contribution in [0.3, 0.4) is 0 Å². The lowest BCUT2D eigenvalue weighted by molar-refractivity contribution is -0.145. The van der Waals surface area contributed by atoms with Crippen LogP contribution in [-0.2, 0) is 9.53 Å². The third-order valence-corrected chi connectivity index (χ3v) is 3.27. The topological polar surface area (TPSA) is 41.6 Å². The molecule has 2 heterocycles. The summed E-state index contributed by atoms with van der Waals surface area (Å²) < 4.78 is 5.48. The van der Waals surface area contributed by atoms with E-state index in [0.717, 1.165) is 19.5 Å². The number of carbonyl (C=O) groups is 1. The fourth-order valence-electron chi connectivity index (χ4n) is 2.52. The molecule has 0 spiro atoms. The monoisotopic (exact) mass is 248 g/mol. The number of morpholine rings is 1. The summed E-state index contributed by atoms with van der Waals surface area (Å²) in [5, 5.41) is 3.19. The van der Waals surface area contributed by atoms with E-state index in [0.29, 0.717) is 25.1 Å². The molecule has 4 nitrogen and oxygen atoms in total. The Hall–Kier alpha value is -0.320. The molecular formula is C11H21ClN2O2. The van der Waals surface area contributed by atoms with Gasteiger partial charge in [0.15, 0.2) is 0 Å². The Morgan fingerprint density at radius 3 is 2.69 bits per heavy atom. The largest absolute Gasteiger partial charge is 0.366 e. The van der Waals surface area contributed by atoms with E-state index in [-0.39, 0.29) is 24.4 Å². The van der Waals surface area contributed by atoms with Crippen molar-refractivity contribution < 1.29 is 9.53 Å². The van der Waals surface area contributed by atoms with Gasteiger partial charge in [-0.2, -0.15) is 0 Å². The third-order valence-electron chi connectivity index (χ3n) is 3.27. The lowest BCUT2D eigenvalue weighted by Gasteiger charge is -2.29. The van der Waals surface area contributed by atoms with Gasteiger partial charge in [-0.05, 0) is 19.3 Å². The molecule has 0 aromatic carbocycles. The zero-order valence-electron chi connectivity index (χ0n) is 9.94. The van der Waals surface area contributed by atoms with Gasteiger partial charge in [0.05, 0.1) is 6.61 Å². The summed E-state index contributed by atoms with van der Waals surface area (Å²) in [6.45, 7) is 7.38. The minimum Gasteiger partial charge on any atom is -0.366 e. The highest BCUT2D eigenvalue weighted by atomic mass is 35.5. The molecule has 0 radical (unpaired) electrons. The molecule has 0 saturated carbocycles. The number of halogens is 1. The number of nitrogens with zero attached hydrogens (tertiary/aromatic N) is 1. The van der Waals surface area contributed by atoms with Crippen molar-refractivity contribution in [1.29, 1.82) is 0 Å².